The lowest BCUT2D eigenvalue weighted by atomic mass is 10.1. The first-order chi connectivity index (χ1) is 18.7. The first-order valence-corrected chi connectivity index (χ1v) is 13.5. The predicted octanol–water partition coefficient (Wildman–Crippen LogP) is 7.92. The summed E-state index contributed by atoms with van der Waals surface area (Å²) in [5, 5.41) is 6.49. The van der Waals surface area contributed by atoms with Crippen molar-refractivity contribution in [1.29, 1.82) is 0 Å². The highest BCUT2D eigenvalue weighted by molar-refractivity contribution is 5.95. The van der Waals surface area contributed by atoms with E-state index in [-0.39, 0.29) is 5.91 Å². The minimum Gasteiger partial charge on any atom is -0.494 e. The molecule has 4 rings (SSSR count). The van der Waals surface area contributed by atoms with Crippen LogP contribution in [0.25, 0.3) is 10.8 Å². The Morgan fingerprint density at radius 3 is 2.26 bits per heavy atom. The minimum atomic E-state index is -0.265. The van der Waals surface area contributed by atoms with Crippen molar-refractivity contribution in [3.63, 3.8) is 0 Å². The van der Waals surface area contributed by atoms with E-state index in [1.54, 1.807) is 18.3 Å². The van der Waals surface area contributed by atoms with Crippen LogP contribution in [0.5, 0.6) is 11.5 Å². The Labute approximate surface area is 225 Å². The van der Waals surface area contributed by atoms with Gasteiger partial charge in [0.1, 0.15) is 18.1 Å². The average Bonchev–Trinajstić information content (AvgIpc) is 2.96. The lowest BCUT2D eigenvalue weighted by Gasteiger charge is -2.09. The summed E-state index contributed by atoms with van der Waals surface area (Å²) in [7, 11) is 0. The van der Waals surface area contributed by atoms with Crippen molar-refractivity contribution in [2.45, 2.75) is 52.1 Å². The molecule has 0 saturated heterocycles. The molecule has 0 heterocycles. The molecular formula is C33H36N2O3. The van der Waals surface area contributed by atoms with Gasteiger partial charge in [-0.25, -0.2) is 5.43 Å². The SMILES string of the molecule is CCCCCCCCOc1ccc(C(=O)N/N=C\c2ccc(OCc3cccc4ccccc34)cc2)cc1. The summed E-state index contributed by atoms with van der Waals surface area (Å²) in [6.45, 7) is 3.42. The number of amides is 1. The lowest BCUT2D eigenvalue weighted by molar-refractivity contribution is 0.0955. The van der Waals surface area contributed by atoms with Crippen LogP contribution in [0.4, 0.5) is 0 Å². The molecule has 0 saturated carbocycles. The van der Waals surface area contributed by atoms with Crippen LogP contribution in [-0.2, 0) is 6.61 Å². The van der Waals surface area contributed by atoms with E-state index in [9.17, 15) is 4.79 Å². The fourth-order valence-corrected chi connectivity index (χ4v) is 4.23. The van der Waals surface area contributed by atoms with Gasteiger partial charge in [0, 0.05) is 5.56 Å². The van der Waals surface area contributed by atoms with Crippen molar-refractivity contribution in [1.82, 2.24) is 5.43 Å². The molecule has 5 nitrogen and oxygen atoms in total. The van der Waals surface area contributed by atoms with Gasteiger partial charge in [0.05, 0.1) is 12.8 Å². The van der Waals surface area contributed by atoms with Gasteiger partial charge >= 0.3 is 0 Å². The topological polar surface area (TPSA) is 59.9 Å². The number of fused-ring (bicyclic) bond motifs is 1. The van der Waals surface area contributed by atoms with Crippen LogP contribution in [0, 0.1) is 0 Å². The Morgan fingerprint density at radius 2 is 1.45 bits per heavy atom. The number of rotatable bonds is 14. The molecule has 1 N–H and O–H groups in total. The average molecular weight is 509 g/mol. The molecule has 0 atom stereocenters. The highest BCUT2D eigenvalue weighted by Crippen LogP contribution is 2.21. The van der Waals surface area contributed by atoms with Crippen molar-refractivity contribution >= 4 is 22.9 Å². The second-order valence-electron chi connectivity index (χ2n) is 9.34. The summed E-state index contributed by atoms with van der Waals surface area (Å²) < 4.78 is 11.8. The summed E-state index contributed by atoms with van der Waals surface area (Å²) in [5.41, 5.74) is 5.12. The van der Waals surface area contributed by atoms with Gasteiger partial charge in [-0.3, -0.25) is 4.79 Å². The van der Waals surface area contributed by atoms with Crippen LogP contribution in [0.3, 0.4) is 0 Å². The molecule has 4 aromatic rings. The lowest BCUT2D eigenvalue weighted by Crippen LogP contribution is -2.17. The van der Waals surface area contributed by atoms with Crippen LogP contribution in [-0.4, -0.2) is 18.7 Å². The summed E-state index contributed by atoms with van der Waals surface area (Å²) in [5.74, 6) is 1.29. The minimum absolute atomic E-state index is 0.265. The molecule has 38 heavy (non-hydrogen) atoms. The number of hydrazone groups is 1. The molecule has 0 aliphatic heterocycles. The summed E-state index contributed by atoms with van der Waals surface area (Å²) in [6.07, 6.45) is 9.00. The van der Waals surface area contributed by atoms with Gasteiger partial charge in [0.15, 0.2) is 0 Å². The van der Waals surface area contributed by atoms with Crippen molar-refractivity contribution < 1.29 is 14.3 Å². The number of ether oxygens (including phenoxy) is 2. The Kier molecular flexibility index (Phi) is 10.3. The third-order valence-corrected chi connectivity index (χ3v) is 6.42. The van der Waals surface area contributed by atoms with Crippen LogP contribution in [0.1, 0.15) is 66.9 Å². The molecular weight excluding hydrogens is 472 g/mol. The Bertz CT molecular complexity index is 1310. The van der Waals surface area contributed by atoms with Crippen LogP contribution < -0.4 is 14.9 Å². The molecule has 0 radical (unpaired) electrons. The fraction of sp³-hybridized carbons (Fsp3) is 0.273. The normalized spacial score (nSPS) is 11.1. The van der Waals surface area contributed by atoms with E-state index >= 15 is 0 Å². The number of hydrogen-bond acceptors (Lipinski definition) is 4. The summed E-state index contributed by atoms with van der Waals surface area (Å²) in [6, 6.07) is 29.3. The van der Waals surface area contributed by atoms with E-state index in [2.05, 4.69) is 41.7 Å². The highest BCUT2D eigenvalue weighted by Gasteiger charge is 2.05. The monoisotopic (exact) mass is 508 g/mol. The molecule has 5 heteroatoms. The summed E-state index contributed by atoms with van der Waals surface area (Å²) in [4.78, 5) is 12.4. The van der Waals surface area contributed by atoms with E-state index < -0.39 is 0 Å². The largest absolute Gasteiger partial charge is 0.494 e. The number of benzene rings is 4. The number of nitrogens with one attached hydrogen (secondary N) is 1. The first-order valence-electron chi connectivity index (χ1n) is 13.5. The maximum absolute atomic E-state index is 12.4. The van der Waals surface area contributed by atoms with E-state index in [0.717, 1.165) is 29.0 Å². The first kappa shape index (κ1) is 26.9. The van der Waals surface area contributed by atoms with E-state index in [0.29, 0.717) is 18.8 Å². The molecule has 0 aliphatic carbocycles. The maximum atomic E-state index is 12.4. The number of hydrogen-bond donors (Lipinski definition) is 1. The molecule has 0 aliphatic rings. The van der Waals surface area contributed by atoms with Crippen molar-refractivity contribution in [3.8, 4) is 11.5 Å². The molecule has 0 fully saturated rings. The number of carbonyl (C=O) groups excluding carboxylic acids is 1. The second-order valence-corrected chi connectivity index (χ2v) is 9.34. The third kappa shape index (κ3) is 8.20. The van der Waals surface area contributed by atoms with Crippen LogP contribution in [0.15, 0.2) is 96.1 Å². The van der Waals surface area contributed by atoms with Gasteiger partial charge in [-0.15, -0.1) is 0 Å². The quantitative estimate of drug-likeness (QED) is 0.107. The molecule has 196 valence electrons. The van der Waals surface area contributed by atoms with E-state index in [1.807, 2.05) is 54.6 Å². The van der Waals surface area contributed by atoms with Crippen LogP contribution >= 0.6 is 0 Å². The zero-order valence-corrected chi connectivity index (χ0v) is 22.1. The van der Waals surface area contributed by atoms with E-state index in [4.69, 9.17) is 9.47 Å². The smallest absolute Gasteiger partial charge is 0.271 e. The van der Waals surface area contributed by atoms with E-state index in [1.165, 1.54) is 42.9 Å². The molecule has 0 bridgehead atoms. The van der Waals surface area contributed by atoms with Crippen LogP contribution in [0.2, 0.25) is 0 Å². The van der Waals surface area contributed by atoms with Gasteiger partial charge in [-0.2, -0.15) is 5.10 Å². The molecule has 0 spiro atoms. The Hall–Kier alpha value is -4.12. The van der Waals surface area contributed by atoms with Crippen molar-refractivity contribution in [3.05, 3.63) is 108 Å². The predicted molar refractivity (Wildman–Crippen MR) is 155 cm³/mol. The van der Waals surface area contributed by atoms with Crippen molar-refractivity contribution in [2.24, 2.45) is 5.10 Å². The Balaban J connectivity index is 1.19. The number of nitrogens with zero attached hydrogens (tertiary/aromatic N) is 1. The summed E-state index contributed by atoms with van der Waals surface area (Å²) >= 11 is 0. The van der Waals surface area contributed by atoms with Gasteiger partial charge in [-0.05, 0) is 76.9 Å². The second kappa shape index (κ2) is 14.6. The zero-order chi connectivity index (χ0) is 26.4. The number of carbonyl (C=O) groups is 1. The van der Waals surface area contributed by atoms with Gasteiger partial charge in [0.25, 0.3) is 5.91 Å². The van der Waals surface area contributed by atoms with Gasteiger partial charge in [-0.1, -0.05) is 81.5 Å². The van der Waals surface area contributed by atoms with Gasteiger partial charge in [0.2, 0.25) is 0 Å². The fourth-order valence-electron chi connectivity index (χ4n) is 4.23. The van der Waals surface area contributed by atoms with Crippen molar-refractivity contribution in [2.75, 3.05) is 6.61 Å². The maximum Gasteiger partial charge on any atom is 0.271 e. The molecule has 4 aromatic carbocycles. The number of unbranched alkanes of at least 4 members (excludes halogenated alkanes) is 5. The Morgan fingerprint density at radius 1 is 0.763 bits per heavy atom. The zero-order valence-electron chi connectivity index (χ0n) is 22.1. The third-order valence-electron chi connectivity index (χ3n) is 6.42. The van der Waals surface area contributed by atoms with Gasteiger partial charge < -0.3 is 9.47 Å². The molecule has 0 unspecified atom stereocenters. The molecule has 1 amide bonds. The molecule has 0 aromatic heterocycles. The standard InChI is InChI=1S/C33H36N2O3/c1-2-3-4-5-6-9-23-37-30-21-17-28(18-22-30)33(36)35-34-24-26-15-19-31(20-16-26)38-25-29-13-10-12-27-11-7-8-14-32(27)29/h7-8,10-22,24H,2-6,9,23,25H2,1H3,(H,35,36)/b34-24-. The highest BCUT2D eigenvalue weighted by atomic mass is 16.5.